The van der Waals surface area contributed by atoms with Gasteiger partial charge in [-0.3, -0.25) is 38.4 Å². The van der Waals surface area contributed by atoms with E-state index < -0.39 is 11.6 Å². The van der Waals surface area contributed by atoms with Crippen LogP contribution in [0.4, 0.5) is 8.78 Å². The van der Waals surface area contributed by atoms with Crippen LogP contribution in [0.15, 0.2) is 158 Å². The van der Waals surface area contributed by atoms with Crippen molar-refractivity contribution in [1.29, 1.82) is 0 Å². The van der Waals surface area contributed by atoms with Crippen LogP contribution >= 0.6 is 23.2 Å². The lowest BCUT2D eigenvalue weighted by Gasteiger charge is -2.12. The molecule has 1 aliphatic rings. The number of Topliss-reactive ketones (excluding diaryl/α,β-unsaturated/α-hetero) is 8. The third kappa shape index (κ3) is 28.2. The lowest BCUT2D eigenvalue weighted by atomic mass is 10.0. The molecule has 8 aromatic carbocycles. The molecule has 0 atom stereocenters. The fraction of sp³-hybridized carbons (Fsp3) is 0.233. The molecule has 22 heteroatoms. The fourth-order valence-electron chi connectivity index (χ4n) is 7.64. The minimum absolute atomic E-state index is 0.0106. The van der Waals surface area contributed by atoms with Crippen LogP contribution in [-0.4, -0.2) is 99.9 Å². The van der Waals surface area contributed by atoms with E-state index in [2.05, 4.69) is 0 Å². The first kappa shape index (κ1) is 81.5. The van der Waals surface area contributed by atoms with Gasteiger partial charge in [0.15, 0.2) is 69.4 Å². The number of carbonyl (C=O) groups excluding carboxylic acids is 8. The molecule has 0 saturated carbocycles. The summed E-state index contributed by atoms with van der Waals surface area (Å²) in [6.07, 6.45) is 0. The maximum atomic E-state index is 12.4. The summed E-state index contributed by atoms with van der Waals surface area (Å²) < 4.78 is 49.9. The van der Waals surface area contributed by atoms with Crippen molar-refractivity contribution in [3.8, 4) is 28.7 Å². The Labute approximate surface area is 560 Å². The first-order valence-electron chi connectivity index (χ1n) is 28.6. The van der Waals surface area contributed by atoms with Crippen molar-refractivity contribution in [3.63, 3.8) is 0 Å². The average Bonchev–Trinajstić information content (AvgIpc) is 1.85. The van der Waals surface area contributed by atoms with E-state index in [1.165, 1.54) is 75.9 Å². The summed E-state index contributed by atoms with van der Waals surface area (Å²) in [4.78, 5) is 87.0. The number of aliphatic hydroxyl groups is 5. The number of rotatable bonds is 16. The van der Waals surface area contributed by atoms with Crippen molar-refractivity contribution < 1.29 is 96.4 Å². The van der Waals surface area contributed by atoms with Crippen LogP contribution in [0.5, 0.6) is 28.7 Å². The van der Waals surface area contributed by atoms with Crippen molar-refractivity contribution in [1.82, 2.24) is 0 Å². The molecule has 0 radical (unpaired) electrons. The molecule has 95 heavy (non-hydrogen) atoms. The fourth-order valence-corrected chi connectivity index (χ4v) is 7.94. The van der Waals surface area contributed by atoms with E-state index >= 15 is 0 Å². The number of benzene rings is 8. The summed E-state index contributed by atoms with van der Waals surface area (Å²) in [6.45, 7) is 11.5. The summed E-state index contributed by atoms with van der Waals surface area (Å²) in [5.41, 5.74) is 7.73. The first-order chi connectivity index (χ1) is 45.0. The zero-order valence-corrected chi connectivity index (χ0v) is 55.8. The average molecular weight is 1350 g/mol. The van der Waals surface area contributed by atoms with Crippen LogP contribution in [0.2, 0.25) is 10.0 Å². The highest BCUT2D eigenvalue weighted by molar-refractivity contribution is 6.42. The van der Waals surface area contributed by atoms with Gasteiger partial charge in [-0.1, -0.05) is 89.9 Å². The quantitative estimate of drug-likeness (QED) is 0.0562. The SMILES string of the molecule is CC(=O)c1ccc(CO)cc1.CC(=O)c1ccc(Cl)c(Cl)c1.CC(=O)c1ccc(F)c(F)c1.CC(=O)c1ccc2c(c1)OCO2.CC(=O)c1ccccc1.COc1cc(C(C)=O)cc(CO)c1CO.COc1cc(C(C)=O)ccc1CO.COc1cc(CO)cc(C(C)=O)c1. The lowest BCUT2D eigenvalue weighted by Crippen LogP contribution is -2.03. The van der Waals surface area contributed by atoms with E-state index in [4.69, 9.17) is 72.4 Å². The van der Waals surface area contributed by atoms with Crippen LogP contribution in [0.1, 0.15) is 166 Å². The van der Waals surface area contributed by atoms with Crippen molar-refractivity contribution in [2.24, 2.45) is 0 Å². The molecule has 0 aromatic heterocycles. The number of hydrogen-bond acceptors (Lipinski definition) is 18. The second-order valence-electron chi connectivity index (χ2n) is 20.0. The Bertz CT molecular complexity index is 3780. The van der Waals surface area contributed by atoms with Gasteiger partial charge < -0.3 is 49.2 Å². The highest BCUT2D eigenvalue weighted by Gasteiger charge is 2.15. The number of fused-ring (bicyclic) bond motifs is 1. The molecule has 1 aliphatic heterocycles. The molecule has 0 fully saturated rings. The Morgan fingerprint density at radius 3 is 1.27 bits per heavy atom. The molecule has 504 valence electrons. The normalized spacial score (nSPS) is 10.1. The number of ketones is 8. The van der Waals surface area contributed by atoms with Gasteiger partial charge in [0.1, 0.15) is 17.2 Å². The number of halogens is 4. The predicted molar refractivity (Wildman–Crippen MR) is 357 cm³/mol. The third-order valence-electron chi connectivity index (χ3n) is 13.1. The van der Waals surface area contributed by atoms with Gasteiger partial charge in [-0.05, 0) is 163 Å². The van der Waals surface area contributed by atoms with Gasteiger partial charge in [0.05, 0.1) is 64.4 Å². The topological polar surface area (TPSA) is 284 Å². The molecule has 0 aliphatic carbocycles. The monoisotopic (exact) mass is 1350 g/mol. The molecule has 5 N–H and O–H groups in total. The largest absolute Gasteiger partial charge is 0.497 e. The Hall–Kier alpha value is -9.64. The molecule has 0 bridgehead atoms. The second kappa shape index (κ2) is 42.6. The molecule has 8 aromatic rings. The Morgan fingerprint density at radius 1 is 0.368 bits per heavy atom. The maximum Gasteiger partial charge on any atom is 0.231 e. The van der Waals surface area contributed by atoms with Crippen molar-refractivity contribution in [2.75, 3.05) is 28.1 Å². The van der Waals surface area contributed by atoms with Crippen LogP contribution < -0.4 is 23.7 Å². The van der Waals surface area contributed by atoms with Gasteiger partial charge >= 0.3 is 0 Å². The highest BCUT2D eigenvalue weighted by Crippen LogP contribution is 2.33. The van der Waals surface area contributed by atoms with Gasteiger partial charge in [0.25, 0.3) is 0 Å². The minimum Gasteiger partial charge on any atom is -0.497 e. The summed E-state index contributed by atoms with van der Waals surface area (Å²) in [5, 5.41) is 45.6. The van der Waals surface area contributed by atoms with Crippen LogP contribution in [-0.2, 0) is 33.0 Å². The molecular weight excluding hydrogens is 1270 g/mol. The standard InChI is InChI=1S/C11H14O4.2C10H12O3.C9H8O3.C9H10O2.C8H6Cl2O.C8H6F2O.C8H8O/c1-7(14)8-3-9(5-12)10(6-13)11(4-8)15-2;1-7(12)9-3-8(6-11)4-10(5-9)13-2;1-7(12)8-3-4-9(6-11)10(5-8)13-2;1-6(10)7-2-3-8-9(4-7)12-5-11-8;1-7(11)9-4-2-8(6-10)3-5-9;2*1-5(11)6-2-3-7(9)8(10)4-6;1-7(9)8-5-3-2-4-6-8/h3-4,12-13H,5-6H2,1-2H3;2*3-5,11H,6H2,1-2H3;2-4H,5H2,1H3;2-5,10H,6H2,1H3;2*2-4H,1H3;2-6H,1H3. The predicted octanol–water partition coefficient (Wildman–Crippen LogP) is 13.9. The summed E-state index contributed by atoms with van der Waals surface area (Å²) in [5.74, 6) is 0.784. The molecule has 18 nitrogen and oxygen atoms in total. The Kier molecular flexibility index (Phi) is 36.5. The summed E-state index contributed by atoms with van der Waals surface area (Å²) in [7, 11) is 4.50. The minimum atomic E-state index is -0.988. The zero-order chi connectivity index (χ0) is 71.5. The van der Waals surface area contributed by atoms with Gasteiger partial charge in [-0.15, -0.1) is 0 Å². The molecular formula is C73H76Cl2F2O18. The Balaban J connectivity index is 0.000000371. The second-order valence-corrected chi connectivity index (χ2v) is 20.9. The Morgan fingerprint density at radius 2 is 0.811 bits per heavy atom. The van der Waals surface area contributed by atoms with E-state index in [1.807, 2.05) is 30.3 Å². The zero-order valence-electron chi connectivity index (χ0n) is 54.3. The van der Waals surface area contributed by atoms with E-state index in [0.29, 0.717) is 94.4 Å². The van der Waals surface area contributed by atoms with E-state index in [9.17, 15) is 47.1 Å². The van der Waals surface area contributed by atoms with Crippen molar-refractivity contribution in [3.05, 3.63) is 252 Å². The lowest BCUT2D eigenvalue weighted by molar-refractivity contribution is 0.100. The molecule has 1 heterocycles. The van der Waals surface area contributed by atoms with E-state index in [-0.39, 0.29) is 91.7 Å². The highest BCUT2D eigenvalue weighted by atomic mass is 35.5. The molecule has 0 spiro atoms. The van der Waals surface area contributed by atoms with Crippen molar-refractivity contribution in [2.45, 2.75) is 88.4 Å². The number of methoxy groups -OCH3 is 3. The molecule has 0 unspecified atom stereocenters. The third-order valence-corrected chi connectivity index (χ3v) is 13.8. The first-order valence-corrected chi connectivity index (χ1v) is 29.4. The van der Waals surface area contributed by atoms with E-state index in [1.54, 1.807) is 116 Å². The van der Waals surface area contributed by atoms with E-state index in [0.717, 1.165) is 23.3 Å². The van der Waals surface area contributed by atoms with Crippen LogP contribution in [0, 0.1) is 11.6 Å². The maximum absolute atomic E-state index is 12.4. The van der Waals surface area contributed by atoms with Gasteiger partial charge in [0.2, 0.25) is 6.79 Å². The van der Waals surface area contributed by atoms with Gasteiger partial charge in [0, 0.05) is 55.6 Å². The van der Waals surface area contributed by atoms with Gasteiger partial charge in [-0.25, -0.2) is 8.78 Å². The summed E-state index contributed by atoms with van der Waals surface area (Å²) in [6, 6.07) is 42.4. The molecule has 0 amide bonds. The van der Waals surface area contributed by atoms with Crippen LogP contribution in [0.3, 0.4) is 0 Å². The number of hydrogen-bond donors (Lipinski definition) is 5. The number of carbonyl (C=O) groups is 8. The number of aliphatic hydroxyl groups excluding tert-OH is 5. The van der Waals surface area contributed by atoms with Crippen LogP contribution in [0.25, 0.3) is 0 Å². The molecule has 0 saturated heterocycles. The smallest absolute Gasteiger partial charge is 0.231 e. The summed E-state index contributed by atoms with van der Waals surface area (Å²) >= 11 is 11.3. The van der Waals surface area contributed by atoms with Gasteiger partial charge in [-0.2, -0.15) is 0 Å². The van der Waals surface area contributed by atoms with Crippen molar-refractivity contribution >= 4 is 69.5 Å². The number of ether oxygens (including phenoxy) is 5. The molecule has 9 rings (SSSR count).